The summed E-state index contributed by atoms with van der Waals surface area (Å²) in [6.07, 6.45) is 3.60. The van der Waals surface area contributed by atoms with Gasteiger partial charge in [-0.1, -0.05) is 18.2 Å². The van der Waals surface area contributed by atoms with Gasteiger partial charge in [-0.15, -0.1) is 0 Å². The van der Waals surface area contributed by atoms with Gasteiger partial charge in [-0.25, -0.2) is 0 Å². The van der Waals surface area contributed by atoms with Crippen LogP contribution in [0.15, 0.2) is 40.7 Å². The van der Waals surface area contributed by atoms with Crippen molar-refractivity contribution in [1.82, 2.24) is 4.98 Å². The number of pyridine rings is 1. The van der Waals surface area contributed by atoms with Crippen molar-refractivity contribution in [1.29, 1.82) is 0 Å². The largest absolute Gasteiger partial charge is 0.491 e. The van der Waals surface area contributed by atoms with Crippen LogP contribution in [0.5, 0.6) is 0 Å². The highest BCUT2D eigenvalue weighted by Gasteiger charge is 2.52. The highest BCUT2D eigenvalue weighted by molar-refractivity contribution is 6.56. The summed E-state index contributed by atoms with van der Waals surface area (Å²) in [5, 5.41) is 0.650. The highest BCUT2D eigenvalue weighted by Crippen LogP contribution is 2.38. The molecule has 0 unspecified atom stereocenters. The summed E-state index contributed by atoms with van der Waals surface area (Å²) >= 11 is 0. The number of hydrogen-bond donors (Lipinski definition) is 2. The van der Waals surface area contributed by atoms with Crippen LogP contribution in [0.3, 0.4) is 0 Å². The van der Waals surface area contributed by atoms with Gasteiger partial charge in [-0.3, -0.25) is 4.79 Å². The van der Waals surface area contributed by atoms with Crippen LogP contribution in [-0.2, 0) is 9.31 Å². The van der Waals surface area contributed by atoms with Gasteiger partial charge in [0.05, 0.1) is 16.7 Å². The lowest BCUT2D eigenvalue weighted by Gasteiger charge is -2.32. The van der Waals surface area contributed by atoms with E-state index < -0.39 is 18.3 Å². The monoisotopic (exact) mass is 326 g/mol. The lowest BCUT2D eigenvalue weighted by atomic mass is 9.77. The van der Waals surface area contributed by atoms with E-state index in [-0.39, 0.29) is 5.43 Å². The van der Waals surface area contributed by atoms with Gasteiger partial charge in [0.25, 0.3) is 0 Å². The number of rotatable bonds is 3. The molecule has 0 bridgehead atoms. The van der Waals surface area contributed by atoms with E-state index in [1.807, 2.05) is 52.0 Å². The Hall–Kier alpha value is -1.89. The van der Waals surface area contributed by atoms with Gasteiger partial charge in [0.1, 0.15) is 0 Å². The molecule has 0 radical (unpaired) electrons. The molecule has 1 aromatic heterocycles. The Balaban J connectivity index is 2.04. The molecule has 1 aliphatic heterocycles. The van der Waals surface area contributed by atoms with Crippen LogP contribution in [-0.4, -0.2) is 29.8 Å². The molecule has 2 heterocycles. The third-order valence-electron chi connectivity index (χ3n) is 4.96. The molecule has 126 valence electrons. The van der Waals surface area contributed by atoms with E-state index in [1.165, 1.54) is 6.07 Å². The summed E-state index contributed by atoms with van der Waals surface area (Å²) in [4.78, 5) is 15.1. The second-order valence-corrected chi connectivity index (χ2v) is 7.12. The van der Waals surface area contributed by atoms with E-state index in [2.05, 4.69) is 4.98 Å². The number of benzene rings is 1. The first-order valence-electron chi connectivity index (χ1n) is 8.12. The van der Waals surface area contributed by atoms with Crippen LogP contribution >= 0.6 is 0 Å². The summed E-state index contributed by atoms with van der Waals surface area (Å²) in [6, 6.07) is 7.14. The minimum atomic E-state index is -0.495. The summed E-state index contributed by atoms with van der Waals surface area (Å²) in [7, 11) is -0.495. The number of fused-ring (bicyclic) bond motifs is 1. The number of H-pyrrole nitrogens is 1. The van der Waals surface area contributed by atoms with Gasteiger partial charge in [-0.05, 0) is 44.8 Å². The molecule has 1 aromatic carbocycles. The first kappa shape index (κ1) is 17.0. The summed E-state index contributed by atoms with van der Waals surface area (Å²) < 4.78 is 12.2. The average molecular weight is 326 g/mol. The number of aromatic nitrogens is 1. The molecule has 1 saturated heterocycles. The molecule has 0 amide bonds. The molecule has 3 rings (SSSR count). The van der Waals surface area contributed by atoms with E-state index in [4.69, 9.17) is 15.0 Å². The minimum Gasteiger partial charge on any atom is -0.400 e. The molecule has 6 heteroatoms. The Bertz CT molecular complexity index is 839. The van der Waals surface area contributed by atoms with Crippen molar-refractivity contribution < 1.29 is 9.31 Å². The predicted octanol–water partition coefficient (Wildman–Crippen LogP) is 2.50. The Morgan fingerprint density at radius 2 is 1.88 bits per heavy atom. The predicted molar refractivity (Wildman–Crippen MR) is 97.7 cm³/mol. The Labute approximate surface area is 142 Å². The zero-order chi connectivity index (χ0) is 17.5. The number of nitrogens with one attached hydrogen (secondary N) is 1. The molecule has 1 aliphatic rings. The van der Waals surface area contributed by atoms with Crippen LogP contribution in [0.25, 0.3) is 17.0 Å². The SMILES string of the molecule is CC1(C)OB(C(=Cc2cccc3c(=O)cc[nH]c23)CN)OC1(C)C. The van der Waals surface area contributed by atoms with Crippen molar-refractivity contribution in [2.24, 2.45) is 5.73 Å². The summed E-state index contributed by atoms with van der Waals surface area (Å²) in [6.45, 7) is 8.35. The van der Waals surface area contributed by atoms with E-state index in [0.29, 0.717) is 11.9 Å². The van der Waals surface area contributed by atoms with Crippen LogP contribution in [0.4, 0.5) is 0 Å². The molecule has 3 N–H and O–H groups in total. The highest BCUT2D eigenvalue weighted by atomic mass is 16.7. The first-order valence-corrected chi connectivity index (χ1v) is 8.12. The third kappa shape index (κ3) is 2.81. The first-order chi connectivity index (χ1) is 11.2. The number of hydrogen-bond acceptors (Lipinski definition) is 4. The maximum atomic E-state index is 12.0. The van der Waals surface area contributed by atoms with Crippen molar-refractivity contribution in [2.75, 3.05) is 6.54 Å². The van der Waals surface area contributed by atoms with Crippen molar-refractivity contribution in [3.8, 4) is 0 Å². The fourth-order valence-corrected chi connectivity index (χ4v) is 2.76. The standard InChI is InChI=1S/C18H23BN2O3/c1-17(2)18(3,4)24-19(23-17)13(11-20)10-12-6-5-7-14-15(22)8-9-21-16(12)14/h5-10H,11,20H2,1-4H3,(H,21,22). The molecule has 1 fully saturated rings. The van der Waals surface area contributed by atoms with Crippen molar-refractivity contribution in [3.63, 3.8) is 0 Å². The van der Waals surface area contributed by atoms with Crippen molar-refractivity contribution in [2.45, 2.75) is 38.9 Å². The fraction of sp³-hybridized carbons (Fsp3) is 0.389. The smallest absolute Gasteiger partial charge is 0.400 e. The van der Waals surface area contributed by atoms with Crippen LogP contribution in [0, 0.1) is 0 Å². The number of para-hydroxylation sites is 1. The maximum Gasteiger partial charge on any atom is 0.491 e. The summed E-state index contributed by atoms with van der Waals surface area (Å²) in [5.74, 6) is 0. The van der Waals surface area contributed by atoms with E-state index in [1.54, 1.807) is 6.20 Å². The van der Waals surface area contributed by atoms with Crippen LogP contribution in [0.2, 0.25) is 0 Å². The molecular weight excluding hydrogens is 303 g/mol. The lowest BCUT2D eigenvalue weighted by Crippen LogP contribution is -2.41. The fourth-order valence-electron chi connectivity index (χ4n) is 2.76. The van der Waals surface area contributed by atoms with Gasteiger partial charge in [-0.2, -0.15) is 0 Å². The second kappa shape index (κ2) is 5.88. The molecular formula is C18H23BN2O3. The molecule has 24 heavy (non-hydrogen) atoms. The lowest BCUT2D eigenvalue weighted by molar-refractivity contribution is 0.00578. The maximum absolute atomic E-state index is 12.0. The van der Waals surface area contributed by atoms with Gasteiger partial charge < -0.3 is 20.0 Å². The van der Waals surface area contributed by atoms with Crippen LogP contribution < -0.4 is 11.2 Å². The molecule has 0 aliphatic carbocycles. The second-order valence-electron chi connectivity index (χ2n) is 7.12. The Morgan fingerprint density at radius 3 is 2.50 bits per heavy atom. The third-order valence-corrected chi connectivity index (χ3v) is 4.96. The number of aromatic amines is 1. The van der Waals surface area contributed by atoms with E-state index in [9.17, 15) is 4.79 Å². The summed E-state index contributed by atoms with van der Waals surface area (Å²) in [5.41, 5.74) is 7.62. The minimum absolute atomic E-state index is 0.0102. The van der Waals surface area contributed by atoms with E-state index in [0.717, 1.165) is 16.6 Å². The van der Waals surface area contributed by atoms with Gasteiger partial charge in [0.15, 0.2) is 5.43 Å². The van der Waals surface area contributed by atoms with Gasteiger partial charge in [0.2, 0.25) is 0 Å². The quantitative estimate of drug-likeness (QED) is 0.850. The molecule has 5 nitrogen and oxygen atoms in total. The Morgan fingerprint density at radius 1 is 1.21 bits per heavy atom. The zero-order valence-electron chi connectivity index (χ0n) is 14.6. The van der Waals surface area contributed by atoms with Crippen molar-refractivity contribution >= 4 is 24.1 Å². The Kier molecular flexibility index (Phi) is 4.15. The average Bonchev–Trinajstić information content (AvgIpc) is 2.73. The zero-order valence-corrected chi connectivity index (χ0v) is 14.6. The number of nitrogens with two attached hydrogens (primary N) is 1. The molecule has 0 spiro atoms. The molecule has 0 atom stereocenters. The molecule has 2 aromatic rings. The topological polar surface area (TPSA) is 77.3 Å². The van der Waals surface area contributed by atoms with Crippen molar-refractivity contribution in [3.05, 3.63) is 51.7 Å². The van der Waals surface area contributed by atoms with Gasteiger partial charge >= 0.3 is 7.12 Å². The van der Waals surface area contributed by atoms with Gasteiger partial charge in [0, 0.05) is 24.2 Å². The normalized spacial score (nSPS) is 19.9. The van der Waals surface area contributed by atoms with E-state index >= 15 is 0 Å². The van der Waals surface area contributed by atoms with Crippen LogP contribution in [0.1, 0.15) is 33.3 Å². The molecule has 0 saturated carbocycles.